The minimum atomic E-state index is -0.0376. The fraction of sp³-hybridized carbons (Fsp3) is 0.714. The molecule has 1 aliphatic rings. The molecule has 1 aromatic rings. The third-order valence-corrected chi connectivity index (χ3v) is 3.72. The largest absolute Gasteiger partial charge is 0.338 e. The molecule has 2 amide bonds. The molecule has 2 rings (SSSR count). The van der Waals surface area contributed by atoms with Crippen LogP contribution in [0.15, 0.2) is 18.7 Å². The summed E-state index contributed by atoms with van der Waals surface area (Å²) in [6.07, 6.45) is 10.7. The van der Waals surface area contributed by atoms with E-state index in [9.17, 15) is 4.79 Å². The average Bonchev–Trinajstić information content (AvgIpc) is 3.06. The summed E-state index contributed by atoms with van der Waals surface area (Å²) < 4.78 is 2.03. The molecule has 0 aromatic carbocycles. The van der Waals surface area contributed by atoms with Crippen LogP contribution in [0.4, 0.5) is 4.79 Å². The van der Waals surface area contributed by atoms with Crippen molar-refractivity contribution in [2.45, 2.75) is 39.2 Å². The summed E-state index contributed by atoms with van der Waals surface area (Å²) >= 11 is 0. The first-order chi connectivity index (χ1) is 9.24. The lowest BCUT2D eigenvalue weighted by molar-refractivity contribution is 0.236. The van der Waals surface area contributed by atoms with Crippen LogP contribution in [-0.4, -0.2) is 28.7 Å². The number of aromatic nitrogens is 2. The average molecular weight is 264 g/mol. The van der Waals surface area contributed by atoms with Crippen LogP contribution < -0.4 is 10.6 Å². The minimum Gasteiger partial charge on any atom is -0.338 e. The van der Waals surface area contributed by atoms with Crippen molar-refractivity contribution in [1.29, 1.82) is 0 Å². The summed E-state index contributed by atoms with van der Waals surface area (Å²) in [7, 11) is 0. The number of rotatable bonds is 6. The van der Waals surface area contributed by atoms with Crippen LogP contribution in [-0.2, 0) is 6.54 Å². The van der Waals surface area contributed by atoms with Gasteiger partial charge in [-0.15, -0.1) is 0 Å². The number of imidazole rings is 1. The molecule has 1 fully saturated rings. The molecule has 1 aromatic heterocycles. The number of nitrogens with one attached hydrogen (secondary N) is 2. The number of carbonyl (C=O) groups excluding carboxylic acids is 1. The first kappa shape index (κ1) is 13.9. The van der Waals surface area contributed by atoms with Crippen LogP contribution in [0, 0.1) is 11.8 Å². The van der Waals surface area contributed by atoms with Crippen LogP contribution in [0.3, 0.4) is 0 Å². The van der Waals surface area contributed by atoms with Gasteiger partial charge in [0.2, 0.25) is 0 Å². The van der Waals surface area contributed by atoms with E-state index in [0.717, 1.165) is 13.1 Å². The van der Waals surface area contributed by atoms with Crippen molar-refractivity contribution in [3.05, 3.63) is 18.7 Å². The maximum absolute atomic E-state index is 11.7. The highest BCUT2D eigenvalue weighted by molar-refractivity contribution is 5.73. The van der Waals surface area contributed by atoms with Crippen LogP contribution in [0.5, 0.6) is 0 Å². The first-order valence-corrected chi connectivity index (χ1v) is 7.21. The molecule has 0 unspecified atom stereocenters. The molecular formula is C14H24N4O. The van der Waals surface area contributed by atoms with Gasteiger partial charge in [-0.25, -0.2) is 9.78 Å². The third kappa shape index (κ3) is 4.93. The number of nitrogens with zero attached hydrogens (tertiary/aromatic N) is 2. The fourth-order valence-corrected chi connectivity index (χ4v) is 2.60. The topological polar surface area (TPSA) is 59.0 Å². The molecule has 0 bridgehead atoms. The molecule has 0 aliphatic heterocycles. The van der Waals surface area contributed by atoms with E-state index in [4.69, 9.17) is 0 Å². The minimum absolute atomic E-state index is 0.0376. The second-order valence-corrected chi connectivity index (χ2v) is 5.61. The van der Waals surface area contributed by atoms with Gasteiger partial charge in [0.15, 0.2) is 0 Å². The maximum Gasteiger partial charge on any atom is 0.314 e. The molecule has 1 heterocycles. The van der Waals surface area contributed by atoms with Crippen molar-refractivity contribution in [1.82, 2.24) is 20.2 Å². The Balaban J connectivity index is 1.57. The van der Waals surface area contributed by atoms with Gasteiger partial charge in [0.25, 0.3) is 0 Å². The molecule has 106 valence electrons. The van der Waals surface area contributed by atoms with E-state index >= 15 is 0 Å². The van der Waals surface area contributed by atoms with Gasteiger partial charge in [0.1, 0.15) is 0 Å². The smallest absolute Gasteiger partial charge is 0.314 e. The van der Waals surface area contributed by atoms with Crippen LogP contribution in [0.2, 0.25) is 0 Å². The molecule has 5 nitrogen and oxygen atoms in total. The zero-order valence-corrected chi connectivity index (χ0v) is 11.6. The highest BCUT2D eigenvalue weighted by atomic mass is 16.2. The molecule has 1 aliphatic carbocycles. The van der Waals surface area contributed by atoms with E-state index in [1.807, 2.05) is 10.8 Å². The maximum atomic E-state index is 11.7. The molecule has 5 heteroatoms. The van der Waals surface area contributed by atoms with Gasteiger partial charge in [0, 0.05) is 32.0 Å². The first-order valence-electron chi connectivity index (χ1n) is 7.21. The molecule has 0 radical (unpaired) electrons. The lowest BCUT2D eigenvalue weighted by atomic mass is 10.1. The molecule has 19 heavy (non-hydrogen) atoms. The number of urea groups is 1. The van der Waals surface area contributed by atoms with Gasteiger partial charge in [-0.05, 0) is 24.7 Å². The quantitative estimate of drug-likeness (QED) is 0.825. The van der Waals surface area contributed by atoms with E-state index in [-0.39, 0.29) is 6.03 Å². The Morgan fingerprint density at radius 1 is 1.42 bits per heavy atom. The Hall–Kier alpha value is -1.52. The molecule has 0 saturated heterocycles. The highest BCUT2D eigenvalue weighted by Crippen LogP contribution is 2.23. The SMILES string of the molecule is C[C@H](CNC(=O)NCC1CCCC1)Cn1ccnc1. The lowest BCUT2D eigenvalue weighted by Crippen LogP contribution is -2.40. The van der Waals surface area contributed by atoms with E-state index in [2.05, 4.69) is 22.5 Å². The summed E-state index contributed by atoms with van der Waals surface area (Å²) in [5.41, 5.74) is 0. The van der Waals surface area contributed by atoms with Crippen molar-refractivity contribution in [2.24, 2.45) is 11.8 Å². The van der Waals surface area contributed by atoms with E-state index in [1.165, 1.54) is 25.7 Å². The molecular weight excluding hydrogens is 240 g/mol. The van der Waals surface area contributed by atoms with Gasteiger partial charge in [0.05, 0.1) is 6.33 Å². The Morgan fingerprint density at radius 2 is 2.21 bits per heavy atom. The third-order valence-electron chi connectivity index (χ3n) is 3.72. The van der Waals surface area contributed by atoms with E-state index in [0.29, 0.717) is 18.4 Å². The van der Waals surface area contributed by atoms with Gasteiger partial charge >= 0.3 is 6.03 Å². The van der Waals surface area contributed by atoms with Gasteiger partial charge in [-0.3, -0.25) is 0 Å². The zero-order valence-electron chi connectivity index (χ0n) is 11.6. The molecule has 1 atom stereocenters. The Kier molecular flexibility index (Phi) is 5.24. The predicted octanol–water partition coefficient (Wildman–Crippen LogP) is 2.01. The second-order valence-electron chi connectivity index (χ2n) is 5.61. The van der Waals surface area contributed by atoms with Crippen LogP contribution >= 0.6 is 0 Å². The summed E-state index contributed by atoms with van der Waals surface area (Å²) in [6.45, 7) is 4.51. The van der Waals surface area contributed by atoms with E-state index < -0.39 is 0 Å². The van der Waals surface area contributed by atoms with Crippen molar-refractivity contribution < 1.29 is 4.79 Å². The Labute approximate surface area is 114 Å². The number of amides is 2. The number of carbonyl (C=O) groups is 1. The predicted molar refractivity (Wildman–Crippen MR) is 74.8 cm³/mol. The van der Waals surface area contributed by atoms with Crippen molar-refractivity contribution in [3.8, 4) is 0 Å². The number of hydrogen-bond acceptors (Lipinski definition) is 2. The van der Waals surface area contributed by atoms with Crippen LogP contribution in [0.1, 0.15) is 32.6 Å². The fourth-order valence-electron chi connectivity index (χ4n) is 2.60. The van der Waals surface area contributed by atoms with Gasteiger partial charge in [-0.2, -0.15) is 0 Å². The highest BCUT2D eigenvalue weighted by Gasteiger charge is 2.15. The molecule has 0 spiro atoms. The standard InChI is InChI=1S/C14H24N4O/c1-12(10-18-7-6-15-11-18)8-16-14(19)17-9-13-4-2-3-5-13/h6-7,11-13H,2-5,8-10H2,1H3,(H2,16,17,19)/t12-/m1/s1. The lowest BCUT2D eigenvalue weighted by Gasteiger charge is -2.15. The molecule has 1 saturated carbocycles. The molecule has 2 N–H and O–H groups in total. The number of hydrogen-bond donors (Lipinski definition) is 2. The normalized spacial score (nSPS) is 17.3. The van der Waals surface area contributed by atoms with E-state index in [1.54, 1.807) is 12.5 Å². The summed E-state index contributed by atoms with van der Waals surface area (Å²) in [6, 6.07) is -0.0376. The zero-order chi connectivity index (χ0) is 13.5. The summed E-state index contributed by atoms with van der Waals surface area (Å²) in [5, 5.41) is 5.90. The summed E-state index contributed by atoms with van der Waals surface area (Å²) in [4.78, 5) is 15.7. The van der Waals surface area contributed by atoms with Crippen molar-refractivity contribution in [2.75, 3.05) is 13.1 Å². The van der Waals surface area contributed by atoms with Crippen molar-refractivity contribution in [3.63, 3.8) is 0 Å². The summed E-state index contributed by atoms with van der Waals surface area (Å²) in [5.74, 6) is 1.08. The Bertz CT molecular complexity index is 371. The van der Waals surface area contributed by atoms with Crippen molar-refractivity contribution >= 4 is 6.03 Å². The Morgan fingerprint density at radius 3 is 2.89 bits per heavy atom. The monoisotopic (exact) mass is 264 g/mol. The van der Waals surface area contributed by atoms with Crippen LogP contribution in [0.25, 0.3) is 0 Å². The second kappa shape index (κ2) is 7.16. The van der Waals surface area contributed by atoms with Gasteiger partial charge < -0.3 is 15.2 Å². The van der Waals surface area contributed by atoms with Gasteiger partial charge in [-0.1, -0.05) is 19.8 Å².